The van der Waals surface area contributed by atoms with Crippen LogP contribution in [0.1, 0.15) is 31.2 Å². The molecule has 106 valence electrons. The quantitative estimate of drug-likeness (QED) is 0.853. The fourth-order valence-electron chi connectivity index (χ4n) is 2.73. The first kappa shape index (κ1) is 14.3. The Hall–Kier alpha value is -1.07. The third-order valence-electron chi connectivity index (χ3n) is 3.63. The largest absolute Gasteiger partial charge is 0.389 e. The molecular formula is C14H18F3NO. The summed E-state index contributed by atoms with van der Waals surface area (Å²) < 4.78 is 39.4. The number of nitrogens with zero attached hydrogens (tertiary/aromatic N) is 1. The van der Waals surface area contributed by atoms with Crippen LogP contribution in [0, 0.1) is 17.5 Å². The minimum Gasteiger partial charge on any atom is -0.389 e. The van der Waals surface area contributed by atoms with Crippen LogP contribution in [0.2, 0.25) is 0 Å². The summed E-state index contributed by atoms with van der Waals surface area (Å²) in [7, 11) is 1.73. The molecule has 2 nitrogen and oxygen atoms in total. The van der Waals surface area contributed by atoms with Gasteiger partial charge in [0.15, 0.2) is 11.6 Å². The lowest BCUT2D eigenvalue weighted by atomic mass is 10.0. The van der Waals surface area contributed by atoms with Crippen LogP contribution >= 0.6 is 0 Å². The maximum Gasteiger partial charge on any atom is 0.161 e. The monoisotopic (exact) mass is 273 g/mol. The van der Waals surface area contributed by atoms with Crippen molar-refractivity contribution in [2.24, 2.45) is 0 Å². The van der Waals surface area contributed by atoms with Crippen LogP contribution in [0.15, 0.2) is 12.1 Å². The van der Waals surface area contributed by atoms with Crippen LogP contribution < -0.4 is 0 Å². The van der Waals surface area contributed by atoms with Gasteiger partial charge in [0.05, 0.1) is 5.60 Å². The molecule has 0 unspecified atom stereocenters. The molecule has 1 fully saturated rings. The smallest absolute Gasteiger partial charge is 0.161 e. The highest BCUT2D eigenvalue weighted by molar-refractivity contribution is 5.20. The van der Waals surface area contributed by atoms with Gasteiger partial charge in [-0.15, -0.1) is 0 Å². The van der Waals surface area contributed by atoms with E-state index in [9.17, 15) is 18.3 Å². The van der Waals surface area contributed by atoms with Gasteiger partial charge in [-0.05, 0) is 26.0 Å². The predicted molar refractivity (Wildman–Crippen MR) is 66.1 cm³/mol. The molecule has 0 aromatic heterocycles. The summed E-state index contributed by atoms with van der Waals surface area (Å²) >= 11 is 0. The second-order valence-corrected chi connectivity index (χ2v) is 5.46. The molecular weight excluding hydrogens is 255 g/mol. The first-order valence-corrected chi connectivity index (χ1v) is 6.44. The molecule has 1 aromatic carbocycles. The lowest BCUT2D eigenvalue weighted by Gasteiger charge is -2.28. The molecule has 19 heavy (non-hydrogen) atoms. The summed E-state index contributed by atoms with van der Waals surface area (Å²) in [6, 6.07) is 1.43. The van der Waals surface area contributed by atoms with Crippen molar-refractivity contribution < 1.29 is 18.3 Å². The standard InChI is InChI=1S/C14H18F3NO/c1-18(9-14(19)4-2-3-5-14)8-10-6-12(16)13(17)7-11(10)15/h6-7,19H,2-5,8-9H2,1H3. The molecule has 1 aromatic rings. The topological polar surface area (TPSA) is 23.5 Å². The van der Waals surface area contributed by atoms with Crippen LogP contribution in [0.5, 0.6) is 0 Å². The Morgan fingerprint density at radius 3 is 2.32 bits per heavy atom. The van der Waals surface area contributed by atoms with Gasteiger partial charge in [-0.2, -0.15) is 0 Å². The number of rotatable bonds is 4. The Labute approximate surface area is 110 Å². The predicted octanol–water partition coefficient (Wildman–Crippen LogP) is 2.84. The highest BCUT2D eigenvalue weighted by Crippen LogP contribution is 2.30. The molecule has 1 N–H and O–H groups in total. The highest BCUT2D eigenvalue weighted by atomic mass is 19.2. The van der Waals surface area contributed by atoms with Crippen molar-refractivity contribution in [3.05, 3.63) is 35.1 Å². The second kappa shape index (κ2) is 5.51. The van der Waals surface area contributed by atoms with E-state index in [4.69, 9.17) is 0 Å². The SMILES string of the molecule is CN(Cc1cc(F)c(F)cc1F)CC1(O)CCCC1. The average Bonchev–Trinajstić information content (AvgIpc) is 2.72. The average molecular weight is 273 g/mol. The van der Waals surface area contributed by atoms with Crippen molar-refractivity contribution in [2.75, 3.05) is 13.6 Å². The summed E-state index contributed by atoms with van der Waals surface area (Å²) in [6.07, 6.45) is 3.45. The van der Waals surface area contributed by atoms with E-state index < -0.39 is 23.1 Å². The van der Waals surface area contributed by atoms with Crippen LogP contribution in [0.4, 0.5) is 13.2 Å². The van der Waals surface area contributed by atoms with Crippen molar-refractivity contribution >= 4 is 0 Å². The number of aliphatic hydroxyl groups is 1. The van der Waals surface area contributed by atoms with Gasteiger partial charge in [0.25, 0.3) is 0 Å². The molecule has 0 saturated heterocycles. The molecule has 0 spiro atoms. The number of benzene rings is 1. The number of halogens is 3. The van der Waals surface area contributed by atoms with E-state index in [0.717, 1.165) is 31.7 Å². The van der Waals surface area contributed by atoms with E-state index in [0.29, 0.717) is 12.6 Å². The lowest BCUT2D eigenvalue weighted by Crippen LogP contribution is -2.38. The Morgan fingerprint density at radius 2 is 1.68 bits per heavy atom. The van der Waals surface area contributed by atoms with Crippen LogP contribution in [0.25, 0.3) is 0 Å². The molecule has 0 radical (unpaired) electrons. The fourth-order valence-corrected chi connectivity index (χ4v) is 2.73. The van der Waals surface area contributed by atoms with E-state index in [1.807, 2.05) is 0 Å². The van der Waals surface area contributed by atoms with Gasteiger partial charge in [0.2, 0.25) is 0 Å². The van der Waals surface area contributed by atoms with E-state index in [2.05, 4.69) is 0 Å². The molecule has 2 rings (SSSR count). The number of hydrogen-bond acceptors (Lipinski definition) is 2. The number of likely N-dealkylation sites (N-methyl/N-ethyl adjacent to an activating group) is 1. The summed E-state index contributed by atoms with van der Waals surface area (Å²) in [6.45, 7) is 0.552. The maximum atomic E-state index is 13.5. The van der Waals surface area contributed by atoms with E-state index >= 15 is 0 Å². The molecule has 1 aliphatic rings. The zero-order valence-electron chi connectivity index (χ0n) is 10.9. The summed E-state index contributed by atoms with van der Waals surface area (Å²) in [5.41, 5.74) is -0.632. The Balaban J connectivity index is 2.02. The third-order valence-corrected chi connectivity index (χ3v) is 3.63. The van der Waals surface area contributed by atoms with Gasteiger partial charge in [-0.1, -0.05) is 12.8 Å². The zero-order valence-corrected chi connectivity index (χ0v) is 10.9. The van der Waals surface area contributed by atoms with Gasteiger partial charge < -0.3 is 5.11 Å². The number of hydrogen-bond donors (Lipinski definition) is 1. The second-order valence-electron chi connectivity index (χ2n) is 5.46. The summed E-state index contributed by atoms with van der Waals surface area (Å²) in [4.78, 5) is 1.74. The van der Waals surface area contributed by atoms with Gasteiger partial charge in [0.1, 0.15) is 5.82 Å². The molecule has 0 heterocycles. The van der Waals surface area contributed by atoms with E-state index in [-0.39, 0.29) is 12.1 Å². The maximum absolute atomic E-state index is 13.5. The van der Waals surface area contributed by atoms with Gasteiger partial charge in [-0.3, -0.25) is 4.90 Å². The van der Waals surface area contributed by atoms with E-state index in [1.54, 1.807) is 11.9 Å². The Morgan fingerprint density at radius 1 is 1.11 bits per heavy atom. The Bertz CT molecular complexity index is 458. The lowest BCUT2D eigenvalue weighted by molar-refractivity contribution is 0.0143. The third kappa shape index (κ3) is 3.48. The molecule has 0 aliphatic heterocycles. The van der Waals surface area contributed by atoms with Crippen molar-refractivity contribution in [1.82, 2.24) is 4.90 Å². The Kier molecular flexibility index (Phi) is 4.16. The van der Waals surface area contributed by atoms with Gasteiger partial charge >= 0.3 is 0 Å². The van der Waals surface area contributed by atoms with Crippen LogP contribution in [-0.2, 0) is 6.54 Å². The van der Waals surface area contributed by atoms with Crippen molar-refractivity contribution in [2.45, 2.75) is 37.8 Å². The fraction of sp³-hybridized carbons (Fsp3) is 0.571. The summed E-state index contributed by atoms with van der Waals surface area (Å²) in [5, 5.41) is 10.2. The molecule has 1 saturated carbocycles. The molecule has 5 heteroatoms. The van der Waals surface area contributed by atoms with Crippen LogP contribution in [-0.4, -0.2) is 29.2 Å². The molecule has 1 aliphatic carbocycles. The van der Waals surface area contributed by atoms with Crippen molar-refractivity contribution in [1.29, 1.82) is 0 Å². The zero-order chi connectivity index (χ0) is 14.0. The molecule has 0 bridgehead atoms. The minimum atomic E-state index is -1.18. The normalized spacial score (nSPS) is 18.2. The molecule has 0 atom stereocenters. The van der Waals surface area contributed by atoms with Crippen molar-refractivity contribution in [3.8, 4) is 0 Å². The first-order chi connectivity index (χ1) is 8.89. The summed E-state index contributed by atoms with van der Waals surface area (Å²) in [5.74, 6) is -2.99. The first-order valence-electron chi connectivity index (χ1n) is 6.44. The van der Waals surface area contributed by atoms with Crippen LogP contribution in [0.3, 0.4) is 0 Å². The minimum absolute atomic E-state index is 0.1000. The van der Waals surface area contributed by atoms with E-state index in [1.165, 1.54) is 0 Å². The highest BCUT2D eigenvalue weighted by Gasteiger charge is 2.32. The van der Waals surface area contributed by atoms with Crippen molar-refractivity contribution in [3.63, 3.8) is 0 Å². The molecule has 0 amide bonds. The van der Waals surface area contributed by atoms with Gasteiger partial charge in [-0.25, -0.2) is 13.2 Å². The van der Waals surface area contributed by atoms with Gasteiger partial charge in [0, 0.05) is 24.7 Å².